The number of hydrogen-bond acceptors (Lipinski definition) is 3. The van der Waals surface area contributed by atoms with E-state index >= 15 is 0 Å². The van der Waals surface area contributed by atoms with Crippen molar-refractivity contribution < 1.29 is 18.7 Å². The van der Waals surface area contributed by atoms with Crippen LogP contribution in [0.1, 0.15) is 31.8 Å². The maximum atomic E-state index is 13.0. The third-order valence-electron chi connectivity index (χ3n) is 3.96. The largest absolute Gasteiger partial charge is 0.457 e. The number of carbonyl (C=O) groups is 2. The first-order valence-electron chi connectivity index (χ1n) is 7.40. The van der Waals surface area contributed by atoms with Gasteiger partial charge in [-0.2, -0.15) is 0 Å². The Morgan fingerprint density at radius 3 is 2.00 bits per heavy atom. The zero-order chi connectivity index (χ0) is 16.7. The highest BCUT2D eigenvalue weighted by atomic mass is 19.1. The second-order valence-electron chi connectivity index (χ2n) is 5.44. The van der Waals surface area contributed by atoms with Crippen LogP contribution in [0.3, 0.4) is 0 Å². The second-order valence-corrected chi connectivity index (χ2v) is 5.44. The Balaban J connectivity index is 1.83. The molecule has 1 aliphatic carbocycles. The Morgan fingerprint density at radius 1 is 0.667 bits per heavy atom. The molecule has 0 spiro atoms. The lowest BCUT2D eigenvalue weighted by Gasteiger charge is -2.20. The van der Waals surface area contributed by atoms with Gasteiger partial charge in [-0.15, -0.1) is 0 Å². The standard InChI is InChI=1S/C20H11FO3/c21-12-8-10-13(11-9-12)24-17-7-3-6-16-18(17)20(23)15-5-2-1-4-14(15)19(16)22/h1-11H. The molecule has 4 rings (SSSR count). The van der Waals surface area contributed by atoms with Gasteiger partial charge >= 0.3 is 0 Å². The van der Waals surface area contributed by atoms with Gasteiger partial charge in [-0.3, -0.25) is 9.59 Å². The molecule has 0 N–H and O–H groups in total. The van der Waals surface area contributed by atoms with Crippen LogP contribution in [0.5, 0.6) is 11.5 Å². The summed E-state index contributed by atoms with van der Waals surface area (Å²) in [4.78, 5) is 25.5. The van der Waals surface area contributed by atoms with Gasteiger partial charge in [-0.1, -0.05) is 36.4 Å². The van der Waals surface area contributed by atoms with Gasteiger partial charge in [0.2, 0.25) is 0 Å². The van der Waals surface area contributed by atoms with Crippen LogP contribution in [0.15, 0.2) is 66.7 Å². The third-order valence-corrected chi connectivity index (χ3v) is 3.96. The first-order chi connectivity index (χ1) is 11.6. The minimum absolute atomic E-state index is 0.204. The van der Waals surface area contributed by atoms with E-state index in [0.717, 1.165) is 0 Å². The summed E-state index contributed by atoms with van der Waals surface area (Å²) < 4.78 is 18.7. The van der Waals surface area contributed by atoms with Crippen LogP contribution >= 0.6 is 0 Å². The van der Waals surface area contributed by atoms with Crippen LogP contribution < -0.4 is 4.74 Å². The maximum Gasteiger partial charge on any atom is 0.198 e. The van der Waals surface area contributed by atoms with Gasteiger partial charge < -0.3 is 4.74 Å². The summed E-state index contributed by atoms with van der Waals surface area (Å²) in [6, 6.07) is 17.1. The molecule has 0 radical (unpaired) electrons. The Morgan fingerprint density at radius 2 is 1.29 bits per heavy atom. The van der Waals surface area contributed by atoms with Gasteiger partial charge in [0.05, 0.1) is 5.56 Å². The number of ketones is 2. The fraction of sp³-hybridized carbons (Fsp3) is 0. The molecule has 0 bridgehead atoms. The normalized spacial score (nSPS) is 12.5. The van der Waals surface area contributed by atoms with Crippen molar-refractivity contribution in [2.45, 2.75) is 0 Å². The molecule has 0 saturated heterocycles. The Bertz CT molecular complexity index is 974. The minimum Gasteiger partial charge on any atom is -0.457 e. The van der Waals surface area contributed by atoms with E-state index in [1.807, 2.05) is 0 Å². The van der Waals surface area contributed by atoms with Crippen LogP contribution in [-0.4, -0.2) is 11.6 Å². The molecule has 3 nitrogen and oxygen atoms in total. The number of ether oxygens (including phenoxy) is 1. The molecule has 1 aliphatic rings. The lowest BCUT2D eigenvalue weighted by molar-refractivity contribution is 0.0977. The highest BCUT2D eigenvalue weighted by molar-refractivity contribution is 6.29. The number of rotatable bonds is 2. The lowest BCUT2D eigenvalue weighted by Crippen LogP contribution is -2.21. The molecule has 0 aromatic heterocycles. The molecule has 0 heterocycles. The van der Waals surface area contributed by atoms with Crippen molar-refractivity contribution in [2.24, 2.45) is 0 Å². The summed E-state index contributed by atoms with van der Waals surface area (Å²) in [5.41, 5.74) is 1.32. The van der Waals surface area contributed by atoms with Crippen molar-refractivity contribution in [1.82, 2.24) is 0 Å². The first kappa shape index (κ1) is 14.3. The quantitative estimate of drug-likeness (QED) is 0.550. The molecule has 0 aliphatic heterocycles. The van der Waals surface area contributed by atoms with E-state index in [-0.39, 0.29) is 28.7 Å². The van der Waals surface area contributed by atoms with Crippen molar-refractivity contribution >= 4 is 11.6 Å². The molecule has 3 aromatic rings. The SMILES string of the molecule is O=C1c2ccccc2C(=O)c2c(Oc3ccc(F)cc3)cccc21. The molecule has 4 heteroatoms. The highest BCUT2D eigenvalue weighted by Crippen LogP contribution is 2.35. The van der Waals surface area contributed by atoms with Crippen LogP contribution in [0.4, 0.5) is 4.39 Å². The summed E-state index contributed by atoms with van der Waals surface area (Å²) in [7, 11) is 0. The average Bonchev–Trinajstić information content (AvgIpc) is 2.61. The second kappa shape index (κ2) is 5.42. The maximum absolute atomic E-state index is 13.0. The van der Waals surface area contributed by atoms with Crippen molar-refractivity contribution in [1.29, 1.82) is 0 Å². The number of halogens is 1. The minimum atomic E-state index is -0.377. The van der Waals surface area contributed by atoms with Crippen molar-refractivity contribution in [3.8, 4) is 11.5 Å². The van der Waals surface area contributed by atoms with Crippen LogP contribution in [-0.2, 0) is 0 Å². The summed E-state index contributed by atoms with van der Waals surface area (Å²) in [5, 5.41) is 0. The molecule has 116 valence electrons. The van der Waals surface area contributed by atoms with Crippen molar-refractivity contribution in [3.63, 3.8) is 0 Å². The molecule has 0 unspecified atom stereocenters. The lowest BCUT2D eigenvalue weighted by atomic mass is 9.83. The summed E-state index contributed by atoms with van der Waals surface area (Å²) in [6.45, 7) is 0. The predicted octanol–water partition coefficient (Wildman–Crippen LogP) is 4.39. The molecular weight excluding hydrogens is 307 g/mol. The molecule has 0 fully saturated rings. The number of hydrogen-bond donors (Lipinski definition) is 0. The van der Waals surface area contributed by atoms with Crippen LogP contribution in [0, 0.1) is 5.82 Å². The topological polar surface area (TPSA) is 43.4 Å². The third kappa shape index (κ3) is 2.20. The van der Waals surface area contributed by atoms with Gasteiger partial charge in [0.15, 0.2) is 11.6 Å². The van der Waals surface area contributed by atoms with Gasteiger partial charge in [0.1, 0.15) is 17.3 Å². The fourth-order valence-electron chi connectivity index (χ4n) is 2.83. The summed E-state index contributed by atoms with van der Waals surface area (Å²) >= 11 is 0. The Labute approximate surface area is 137 Å². The monoisotopic (exact) mass is 318 g/mol. The van der Waals surface area contributed by atoms with E-state index in [9.17, 15) is 14.0 Å². The number of fused-ring (bicyclic) bond motifs is 2. The summed E-state index contributed by atoms with van der Waals surface area (Å²) in [5.74, 6) is -0.156. The molecule has 0 atom stereocenters. The van der Waals surface area contributed by atoms with Gasteiger partial charge in [-0.05, 0) is 30.3 Å². The highest BCUT2D eigenvalue weighted by Gasteiger charge is 2.32. The Hall–Kier alpha value is -3.27. The zero-order valence-corrected chi connectivity index (χ0v) is 12.5. The molecule has 0 amide bonds. The van der Waals surface area contributed by atoms with E-state index in [1.54, 1.807) is 42.5 Å². The van der Waals surface area contributed by atoms with Gasteiger partial charge in [-0.25, -0.2) is 4.39 Å². The molecular formula is C20H11FO3. The van der Waals surface area contributed by atoms with Gasteiger partial charge in [0, 0.05) is 16.7 Å². The summed E-state index contributed by atoms with van der Waals surface area (Å²) in [6.07, 6.45) is 0. The van der Waals surface area contributed by atoms with Crippen molar-refractivity contribution in [2.75, 3.05) is 0 Å². The smallest absolute Gasteiger partial charge is 0.198 e. The predicted molar refractivity (Wildman–Crippen MR) is 86.2 cm³/mol. The van der Waals surface area contributed by atoms with E-state index in [1.165, 1.54) is 24.3 Å². The van der Waals surface area contributed by atoms with Crippen LogP contribution in [0.25, 0.3) is 0 Å². The van der Waals surface area contributed by atoms with E-state index < -0.39 is 0 Å². The van der Waals surface area contributed by atoms with Crippen molar-refractivity contribution in [3.05, 3.63) is 94.8 Å². The molecule has 24 heavy (non-hydrogen) atoms. The number of carbonyl (C=O) groups excluding carboxylic acids is 2. The van der Waals surface area contributed by atoms with E-state index in [2.05, 4.69) is 0 Å². The van der Waals surface area contributed by atoms with Crippen LogP contribution in [0.2, 0.25) is 0 Å². The Kier molecular flexibility index (Phi) is 3.24. The number of benzene rings is 3. The molecule has 0 saturated carbocycles. The first-order valence-corrected chi connectivity index (χ1v) is 7.40. The van der Waals surface area contributed by atoms with E-state index in [4.69, 9.17) is 4.74 Å². The zero-order valence-electron chi connectivity index (χ0n) is 12.5. The fourth-order valence-corrected chi connectivity index (χ4v) is 2.83. The average molecular weight is 318 g/mol. The van der Waals surface area contributed by atoms with Gasteiger partial charge in [0.25, 0.3) is 0 Å². The van der Waals surface area contributed by atoms with E-state index in [0.29, 0.717) is 22.4 Å². The molecule has 3 aromatic carbocycles.